The molecule has 2 aliphatic heterocycles. The number of aromatic nitrogens is 1. The van der Waals surface area contributed by atoms with E-state index in [1.807, 2.05) is 24.3 Å². The molecule has 0 saturated heterocycles. The summed E-state index contributed by atoms with van der Waals surface area (Å²) in [5, 5.41) is 12.7. The number of benzene rings is 2. The summed E-state index contributed by atoms with van der Waals surface area (Å²) in [4.78, 5) is 24.2. The van der Waals surface area contributed by atoms with Crippen LogP contribution < -0.4 is 10.5 Å². The van der Waals surface area contributed by atoms with Gasteiger partial charge in [0.2, 0.25) is 0 Å². The topological polar surface area (TPSA) is 83.6 Å². The number of carbonyl (C=O) groups is 1. The van der Waals surface area contributed by atoms with Crippen LogP contribution in [0.5, 0.6) is 0 Å². The number of nitrogens with two attached hydrogens (primary N) is 1. The monoisotopic (exact) mass is 499 g/mol. The lowest BCUT2D eigenvalue weighted by atomic mass is 10.1. The van der Waals surface area contributed by atoms with E-state index in [1.54, 1.807) is 26.5 Å². The average molecular weight is 500 g/mol. The first kappa shape index (κ1) is 23.4. The van der Waals surface area contributed by atoms with Gasteiger partial charge in [0.15, 0.2) is 5.17 Å². The Balaban J connectivity index is 1.58. The summed E-state index contributed by atoms with van der Waals surface area (Å²) >= 11 is 0. The zero-order valence-electron chi connectivity index (χ0n) is 19.1. The molecule has 10 heteroatoms. The first-order valence-electron chi connectivity index (χ1n) is 11.0. The van der Waals surface area contributed by atoms with Crippen LogP contribution >= 0.6 is 10.2 Å². The van der Waals surface area contributed by atoms with Gasteiger partial charge in [-0.05, 0) is 47.2 Å². The fourth-order valence-electron chi connectivity index (χ4n) is 4.51. The van der Waals surface area contributed by atoms with Crippen LogP contribution in [0.3, 0.4) is 0 Å². The molecule has 2 aliphatic rings. The summed E-state index contributed by atoms with van der Waals surface area (Å²) in [5.74, 6) is -0.211. The van der Waals surface area contributed by atoms with Crippen LogP contribution in [0.15, 0.2) is 71.6 Å². The van der Waals surface area contributed by atoms with Gasteiger partial charge in [0.1, 0.15) is 5.70 Å². The quantitative estimate of drug-likeness (QED) is 0.562. The Bertz CT molecular complexity index is 1380. The van der Waals surface area contributed by atoms with Crippen LogP contribution in [0.1, 0.15) is 16.7 Å². The molecule has 0 radical (unpaired) electrons. The number of hydrogen-bond donors (Lipinski definition) is 2. The second kappa shape index (κ2) is 8.39. The van der Waals surface area contributed by atoms with Gasteiger partial charge < -0.3 is 10.2 Å². The number of halogens is 3. The predicted molar refractivity (Wildman–Crippen MR) is 134 cm³/mol. The van der Waals surface area contributed by atoms with E-state index in [2.05, 4.69) is 15.3 Å². The number of carbonyl (C=O) groups excluding carboxylic acids is 1. The van der Waals surface area contributed by atoms with Gasteiger partial charge in [0.05, 0.1) is 12.1 Å². The molecule has 35 heavy (non-hydrogen) atoms. The summed E-state index contributed by atoms with van der Waals surface area (Å²) in [6, 6.07) is 12.9. The highest BCUT2D eigenvalue weighted by Crippen LogP contribution is 2.65. The molecule has 182 valence electrons. The number of aliphatic imine (C=N–C) groups is 1. The maximum absolute atomic E-state index is 13.2. The molecule has 1 aromatic heterocycles. The zero-order chi connectivity index (χ0) is 25.0. The summed E-state index contributed by atoms with van der Waals surface area (Å²) in [6.07, 6.45) is -0.461. The van der Waals surface area contributed by atoms with Crippen LogP contribution in [-0.4, -0.2) is 46.8 Å². The molecule has 3 heterocycles. The first-order valence-corrected chi connectivity index (χ1v) is 12.7. The fourth-order valence-corrected chi connectivity index (χ4v) is 7.67. The Morgan fingerprint density at radius 3 is 2.57 bits per heavy atom. The Morgan fingerprint density at radius 2 is 1.89 bits per heavy atom. The third-order valence-electron chi connectivity index (χ3n) is 6.35. The molecule has 3 aromatic rings. The van der Waals surface area contributed by atoms with Gasteiger partial charge in [-0.25, -0.2) is 0 Å². The summed E-state index contributed by atoms with van der Waals surface area (Å²) < 4.78 is 39.0. The number of rotatable bonds is 4. The highest BCUT2D eigenvalue weighted by molar-refractivity contribution is 8.51. The third-order valence-corrected chi connectivity index (χ3v) is 9.70. The van der Waals surface area contributed by atoms with Gasteiger partial charge in [-0.15, -0.1) is 0 Å². The minimum absolute atomic E-state index is 0.169. The van der Waals surface area contributed by atoms with Gasteiger partial charge in [-0.3, -0.25) is 19.9 Å². The molecule has 0 bridgehead atoms. The number of fused-ring (bicyclic) bond motifs is 2. The molecule has 0 saturated carbocycles. The molecule has 1 amide bonds. The lowest BCUT2D eigenvalue weighted by Crippen LogP contribution is -2.32. The maximum atomic E-state index is 13.2. The van der Waals surface area contributed by atoms with Crippen LogP contribution in [0.2, 0.25) is 0 Å². The van der Waals surface area contributed by atoms with E-state index in [-0.39, 0.29) is 11.2 Å². The number of amides is 1. The number of hydrogen-bond acceptors (Lipinski definition) is 5. The number of nitrogens with one attached hydrogen (secondary N) is 1. The van der Waals surface area contributed by atoms with Gasteiger partial charge >= 0.3 is 6.18 Å². The standard InChI is InChI=1S/C25H24F3N5OS/c1-33(2)23(34)21-22(17-5-6-18-13-30-10-9-16(18)12-17)35(29)20(14-31-24(35)32-21)11-15-3-7-19(8-4-15)25(26,27)28/h3-10,12-13,20H,11,14,29H2,1-2H3,(H,31,32)/t20-/m0/s1. The molecule has 6 nitrogen and oxygen atoms in total. The number of alkyl halides is 3. The molecule has 5 rings (SSSR count). The first-order chi connectivity index (χ1) is 16.6. The highest BCUT2D eigenvalue weighted by atomic mass is 32.3. The van der Waals surface area contributed by atoms with Crippen molar-refractivity contribution < 1.29 is 18.0 Å². The number of nitrogens with zero attached hydrogens (tertiary/aromatic N) is 3. The average Bonchev–Trinajstić information content (AvgIpc) is 3.29. The van der Waals surface area contributed by atoms with Crippen molar-refractivity contribution in [2.45, 2.75) is 17.8 Å². The van der Waals surface area contributed by atoms with Crippen molar-refractivity contribution in [3.05, 3.63) is 83.3 Å². The molecule has 0 aliphatic carbocycles. The van der Waals surface area contributed by atoms with Crippen LogP contribution in [-0.2, 0) is 17.4 Å². The Labute approximate surface area is 202 Å². The van der Waals surface area contributed by atoms with Crippen LogP contribution in [0, 0.1) is 0 Å². The van der Waals surface area contributed by atoms with Crippen molar-refractivity contribution in [2.75, 3.05) is 20.6 Å². The number of likely N-dealkylation sites (N-methyl/N-ethyl adjacent to an activating group) is 1. The molecule has 0 spiro atoms. The van der Waals surface area contributed by atoms with Crippen LogP contribution in [0.4, 0.5) is 13.2 Å². The van der Waals surface area contributed by atoms with Gasteiger partial charge in [0, 0.05) is 42.0 Å². The predicted octanol–water partition coefficient (Wildman–Crippen LogP) is 4.27. The Morgan fingerprint density at radius 1 is 1.14 bits per heavy atom. The molecule has 1 unspecified atom stereocenters. The van der Waals surface area contributed by atoms with Crippen LogP contribution in [0.25, 0.3) is 15.7 Å². The van der Waals surface area contributed by atoms with E-state index in [4.69, 9.17) is 5.14 Å². The van der Waals surface area contributed by atoms with E-state index in [9.17, 15) is 18.0 Å². The summed E-state index contributed by atoms with van der Waals surface area (Å²) in [5.41, 5.74) is 1.28. The lowest BCUT2D eigenvalue weighted by molar-refractivity contribution is -0.137. The maximum Gasteiger partial charge on any atom is 0.416 e. The van der Waals surface area contributed by atoms with E-state index in [0.29, 0.717) is 23.8 Å². The van der Waals surface area contributed by atoms with Crippen molar-refractivity contribution in [3.8, 4) is 0 Å². The third kappa shape index (κ3) is 3.96. The van der Waals surface area contributed by atoms with Gasteiger partial charge in [0.25, 0.3) is 5.91 Å². The van der Waals surface area contributed by atoms with E-state index in [0.717, 1.165) is 38.9 Å². The molecule has 2 aromatic carbocycles. The van der Waals surface area contributed by atoms with Gasteiger partial charge in [-0.1, -0.05) is 34.5 Å². The number of amidine groups is 1. The Kier molecular flexibility index (Phi) is 5.60. The lowest BCUT2D eigenvalue weighted by Gasteiger charge is -2.36. The van der Waals surface area contributed by atoms with E-state index in [1.165, 1.54) is 17.0 Å². The summed E-state index contributed by atoms with van der Waals surface area (Å²) in [6.45, 7) is 0.430. The zero-order valence-corrected chi connectivity index (χ0v) is 20.0. The second-order valence-corrected chi connectivity index (χ2v) is 11.7. The summed E-state index contributed by atoms with van der Waals surface area (Å²) in [7, 11) is 1.11. The van der Waals surface area contributed by atoms with Gasteiger partial charge in [-0.2, -0.15) is 13.2 Å². The SMILES string of the molecule is CN(C)C(=O)C1=C(c2ccc3cnccc3c2)S2(N)C(=NC[C@@H]2Cc2ccc(C(F)(F)F)cc2)N1. The Hall–Kier alpha value is -3.37. The van der Waals surface area contributed by atoms with Crippen molar-refractivity contribution in [1.29, 1.82) is 0 Å². The number of pyridine rings is 1. The van der Waals surface area contributed by atoms with E-state index < -0.39 is 22.0 Å². The molecular weight excluding hydrogens is 475 g/mol. The van der Waals surface area contributed by atoms with Crippen molar-refractivity contribution in [1.82, 2.24) is 15.2 Å². The normalized spacial score (nSPS) is 23.5. The second-order valence-electron chi connectivity index (χ2n) is 8.84. The minimum Gasteiger partial charge on any atom is -0.343 e. The van der Waals surface area contributed by atoms with E-state index >= 15 is 0 Å². The van der Waals surface area contributed by atoms with Crippen molar-refractivity contribution in [2.24, 2.45) is 10.1 Å². The largest absolute Gasteiger partial charge is 0.416 e. The highest BCUT2D eigenvalue weighted by Gasteiger charge is 2.50. The molecule has 2 atom stereocenters. The van der Waals surface area contributed by atoms with Crippen molar-refractivity contribution >= 4 is 37.0 Å². The smallest absolute Gasteiger partial charge is 0.343 e. The van der Waals surface area contributed by atoms with Crippen molar-refractivity contribution in [3.63, 3.8) is 0 Å². The molecule has 3 N–H and O–H groups in total. The molecular formula is C25H24F3N5OS. The fraction of sp³-hybridized carbons (Fsp3) is 0.240. The minimum atomic E-state index is -4.39. The molecule has 0 fully saturated rings.